The molecule has 2 aromatic rings. The molecule has 2 rings (SSSR count). The Morgan fingerprint density at radius 3 is 2.85 bits per heavy atom. The number of rotatable bonds is 5. The molecular weight excluding hydrogens is 324 g/mol. The first kappa shape index (κ1) is 14.3. The molecule has 0 radical (unpaired) electrons. The van der Waals surface area contributed by atoms with Crippen LogP contribution in [0.15, 0.2) is 33.3 Å². The normalized spacial score (nSPS) is 10.0. The predicted molar refractivity (Wildman–Crippen MR) is 75.5 cm³/mol. The van der Waals surface area contributed by atoms with Gasteiger partial charge in [0.15, 0.2) is 6.61 Å². The molecule has 0 bridgehead atoms. The molecule has 20 heavy (non-hydrogen) atoms. The second-order valence-corrected chi connectivity index (χ2v) is 4.80. The monoisotopic (exact) mass is 334 g/mol. The number of aromatic nitrogens is 2. The van der Waals surface area contributed by atoms with Crippen molar-refractivity contribution in [1.29, 1.82) is 0 Å². The molecular formula is C14H11BrN2O3. The highest BCUT2D eigenvalue weighted by Crippen LogP contribution is 2.19. The molecule has 102 valence electrons. The maximum Gasteiger partial charge on any atom is 0.307 e. The van der Waals surface area contributed by atoms with Crippen LogP contribution in [0.25, 0.3) is 11.4 Å². The van der Waals surface area contributed by atoms with Gasteiger partial charge in [-0.2, -0.15) is 4.98 Å². The summed E-state index contributed by atoms with van der Waals surface area (Å²) in [7, 11) is 0. The minimum atomic E-state index is -0.383. The van der Waals surface area contributed by atoms with Crippen LogP contribution in [0.1, 0.15) is 12.3 Å². The average molecular weight is 335 g/mol. The summed E-state index contributed by atoms with van der Waals surface area (Å²) in [6.45, 7) is -0.0210. The van der Waals surface area contributed by atoms with Crippen LogP contribution in [0, 0.1) is 12.3 Å². The Morgan fingerprint density at radius 2 is 2.15 bits per heavy atom. The molecule has 0 aliphatic rings. The number of benzene rings is 1. The van der Waals surface area contributed by atoms with E-state index < -0.39 is 0 Å². The molecule has 0 aliphatic heterocycles. The number of nitrogens with zero attached hydrogens (tertiary/aromatic N) is 2. The highest BCUT2D eigenvalue weighted by molar-refractivity contribution is 9.10. The van der Waals surface area contributed by atoms with E-state index in [1.54, 1.807) is 0 Å². The van der Waals surface area contributed by atoms with Crippen LogP contribution < -0.4 is 0 Å². The third-order valence-electron chi connectivity index (χ3n) is 2.43. The molecule has 0 unspecified atom stereocenters. The number of esters is 1. The topological polar surface area (TPSA) is 65.2 Å². The summed E-state index contributed by atoms with van der Waals surface area (Å²) >= 11 is 3.35. The Balaban J connectivity index is 1.94. The van der Waals surface area contributed by atoms with E-state index in [9.17, 15) is 4.79 Å². The number of ether oxygens (including phenoxy) is 1. The van der Waals surface area contributed by atoms with Gasteiger partial charge in [-0.25, -0.2) is 0 Å². The Labute approximate surface area is 124 Å². The van der Waals surface area contributed by atoms with Gasteiger partial charge < -0.3 is 9.26 Å². The summed E-state index contributed by atoms with van der Waals surface area (Å²) in [5.74, 6) is 2.73. The van der Waals surface area contributed by atoms with E-state index in [0.717, 1.165) is 10.0 Å². The fourth-order valence-corrected chi connectivity index (χ4v) is 1.74. The van der Waals surface area contributed by atoms with E-state index in [1.807, 2.05) is 24.3 Å². The molecule has 0 aliphatic carbocycles. The maximum absolute atomic E-state index is 11.3. The first-order valence-electron chi connectivity index (χ1n) is 5.86. The van der Waals surface area contributed by atoms with Crippen molar-refractivity contribution >= 4 is 21.9 Å². The van der Waals surface area contributed by atoms with Gasteiger partial charge in [-0.1, -0.05) is 27.0 Å². The smallest absolute Gasteiger partial charge is 0.307 e. The highest BCUT2D eigenvalue weighted by atomic mass is 79.9. The van der Waals surface area contributed by atoms with E-state index in [0.29, 0.717) is 18.1 Å². The average Bonchev–Trinajstić information content (AvgIpc) is 2.92. The van der Waals surface area contributed by atoms with Crippen LogP contribution in [0.2, 0.25) is 0 Å². The number of carbonyl (C=O) groups is 1. The quantitative estimate of drug-likeness (QED) is 0.621. The lowest BCUT2D eigenvalue weighted by molar-refractivity contribution is -0.142. The molecule has 0 N–H and O–H groups in total. The van der Waals surface area contributed by atoms with Crippen molar-refractivity contribution in [3.05, 3.63) is 34.6 Å². The molecule has 1 heterocycles. The molecule has 1 aromatic heterocycles. The molecule has 5 nitrogen and oxygen atoms in total. The van der Waals surface area contributed by atoms with Gasteiger partial charge in [-0.15, -0.1) is 6.42 Å². The van der Waals surface area contributed by atoms with E-state index >= 15 is 0 Å². The molecule has 0 spiro atoms. The van der Waals surface area contributed by atoms with Crippen molar-refractivity contribution in [3.63, 3.8) is 0 Å². The van der Waals surface area contributed by atoms with E-state index in [4.69, 9.17) is 15.7 Å². The van der Waals surface area contributed by atoms with Gasteiger partial charge >= 0.3 is 5.97 Å². The Bertz CT molecular complexity index is 629. The SMILES string of the molecule is C#CCOC(=O)CCc1nc(-c2ccc(Br)cc2)no1. The Hall–Kier alpha value is -2.13. The number of carbonyl (C=O) groups excluding carboxylic acids is 1. The zero-order chi connectivity index (χ0) is 14.4. The summed E-state index contributed by atoms with van der Waals surface area (Å²) in [6, 6.07) is 7.53. The third-order valence-corrected chi connectivity index (χ3v) is 2.96. The summed E-state index contributed by atoms with van der Waals surface area (Å²) in [6.07, 6.45) is 5.47. The zero-order valence-corrected chi connectivity index (χ0v) is 12.1. The van der Waals surface area contributed by atoms with Gasteiger partial charge in [0.05, 0.1) is 6.42 Å². The number of hydrogen-bond donors (Lipinski definition) is 0. The van der Waals surface area contributed by atoms with E-state index in [2.05, 4.69) is 32.0 Å². The van der Waals surface area contributed by atoms with Gasteiger partial charge in [0.25, 0.3) is 0 Å². The first-order chi connectivity index (χ1) is 9.69. The number of hydrogen-bond acceptors (Lipinski definition) is 5. The van der Waals surface area contributed by atoms with Crippen molar-refractivity contribution in [2.45, 2.75) is 12.8 Å². The Morgan fingerprint density at radius 1 is 1.40 bits per heavy atom. The fraction of sp³-hybridized carbons (Fsp3) is 0.214. The molecule has 0 saturated carbocycles. The van der Waals surface area contributed by atoms with Gasteiger partial charge in [0.2, 0.25) is 11.7 Å². The molecule has 0 fully saturated rings. The molecule has 1 aromatic carbocycles. The standard InChI is InChI=1S/C14H11BrN2O3/c1-2-9-19-13(18)8-7-12-16-14(17-20-12)10-3-5-11(15)6-4-10/h1,3-6H,7-9H2. The summed E-state index contributed by atoms with van der Waals surface area (Å²) in [4.78, 5) is 15.5. The van der Waals surface area contributed by atoms with Crippen molar-refractivity contribution < 1.29 is 14.1 Å². The maximum atomic E-state index is 11.3. The molecule has 6 heteroatoms. The van der Waals surface area contributed by atoms with Crippen LogP contribution in [0.4, 0.5) is 0 Å². The lowest BCUT2D eigenvalue weighted by atomic mass is 10.2. The minimum absolute atomic E-state index is 0.0210. The predicted octanol–water partition coefficient (Wildman–Crippen LogP) is 2.61. The van der Waals surface area contributed by atoms with Crippen molar-refractivity contribution in [2.75, 3.05) is 6.61 Å². The second kappa shape index (κ2) is 6.87. The van der Waals surface area contributed by atoms with Crippen molar-refractivity contribution in [1.82, 2.24) is 10.1 Å². The number of halogens is 1. The lowest BCUT2D eigenvalue weighted by Gasteiger charge is -1.97. The van der Waals surface area contributed by atoms with Gasteiger partial charge in [0.1, 0.15) is 0 Å². The molecule has 0 atom stereocenters. The number of terminal acetylenes is 1. The first-order valence-corrected chi connectivity index (χ1v) is 6.66. The minimum Gasteiger partial charge on any atom is -0.452 e. The van der Waals surface area contributed by atoms with Crippen LogP contribution in [-0.2, 0) is 16.0 Å². The second-order valence-electron chi connectivity index (χ2n) is 3.88. The van der Waals surface area contributed by atoms with E-state index in [-0.39, 0.29) is 19.0 Å². The van der Waals surface area contributed by atoms with Gasteiger partial charge in [0, 0.05) is 16.5 Å². The largest absolute Gasteiger partial charge is 0.452 e. The summed E-state index contributed by atoms with van der Waals surface area (Å²) < 4.78 is 10.8. The zero-order valence-electron chi connectivity index (χ0n) is 10.5. The van der Waals surface area contributed by atoms with Crippen LogP contribution in [-0.4, -0.2) is 22.7 Å². The fourth-order valence-electron chi connectivity index (χ4n) is 1.48. The number of aryl methyl sites for hydroxylation is 1. The van der Waals surface area contributed by atoms with Crippen molar-refractivity contribution in [3.8, 4) is 23.7 Å². The Kier molecular flexibility index (Phi) is 4.91. The van der Waals surface area contributed by atoms with E-state index in [1.165, 1.54) is 0 Å². The van der Waals surface area contributed by atoms with Crippen LogP contribution in [0.5, 0.6) is 0 Å². The van der Waals surface area contributed by atoms with Crippen LogP contribution >= 0.6 is 15.9 Å². The highest BCUT2D eigenvalue weighted by Gasteiger charge is 2.11. The molecule has 0 saturated heterocycles. The summed E-state index contributed by atoms with van der Waals surface area (Å²) in [5.41, 5.74) is 0.845. The van der Waals surface area contributed by atoms with Crippen molar-refractivity contribution in [2.24, 2.45) is 0 Å². The summed E-state index contributed by atoms with van der Waals surface area (Å²) in [5, 5.41) is 3.87. The third kappa shape index (κ3) is 3.93. The van der Waals surface area contributed by atoms with Gasteiger partial charge in [-0.05, 0) is 24.3 Å². The van der Waals surface area contributed by atoms with Gasteiger partial charge in [-0.3, -0.25) is 4.79 Å². The van der Waals surface area contributed by atoms with Crippen LogP contribution in [0.3, 0.4) is 0 Å². The lowest BCUT2D eigenvalue weighted by Crippen LogP contribution is -2.05. The molecule has 0 amide bonds.